The summed E-state index contributed by atoms with van der Waals surface area (Å²) < 4.78 is 32.3. The molecule has 1 aliphatic heterocycles. The molecule has 10 heteroatoms. The Kier molecular flexibility index (Phi) is 12.0. The number of halogens is 1. The van der Waals surface area contributed by atoms with Crippen LogP contribution in [0, 0.1) is 5.92 Å². The summed E-state index contributed by atoms with van der Waals surface area (Å²) in [6, 6.07) is 6.72. The molecule has 1 heterocycles. The minimum Gasteiger partial charge on any atom is -0.379 e. The van der Waals surface area contributed by atoms with E-state index >= 15 is 0 Å². The molecule has 1 fully saturated rings. The van der Waals surface area contributed by atoms with Gasteiger partial charge >= 0.3 is 0 Å². The summed E-state index contributed by atoms with van der Waals surface area (Å²) in [5, 5.41) is 3.12. The Bertz CT molecular complexity index is 720. The van der Waals surface area contributed by atoms with E-state index in [2.05, 4.69) is 19.9 Å². The molecule has 2 rings (SSSR count). The number of morpholine rings is 1. The number of guanidine groups is 1. The molecule has 0 saturated carbocycles. The van der Waals surface area contributed by atoms with E-state index in [9.17, 15) is 8.42 Å². The molecule has 0 atom stereocenters. The van der Waals surface area contributed by atoms with Crippen LogP contribution >= 0.6 is 24.0 Å². The fourth-order valence-electron chi connectivity index (χ4n) is 2.71. The molecule has 0 unspecified atom stereocenters. The van der Waals surface area contributed by atoms with Gasteiger partial charge in [-0.15, -0.1) is 24.0 Å². The Morgan fingerprint density at radius 1 is 1.24 bits per heavy atom. The quantitative estimate of drug-likeness (QED) is 0.179. The highest BCUT2D eigenvalue weighted by Gasteiger charge is 2.13. The van der Waals surface area contributed by atoms with Crippen molar-refractivity contribution in [1.29, 1.82) is 0 Å². The van der Waals surface area contributed by atoms with Crippen molar-refractivity contribution < 1.29 is 13.2 Å². The van der Waals surface area contributed by atoms with E-state index in [1.807, 2.05) is 13.8 Å². The monoisotopic (exact) mass is 539 g/mol. The van der Waals surface area contributed by atoms with Crippen LogP contribution in [0.5, 0.6) is 0 Å². The fourth-order valence-corrected chi connectivity index (χ4v) is 3.92. The standard InChI is InChI=1S/C19H33N5O3S.HI/c1-16(2)14-23-28(25,26)18-6-4-17(5-7-18)15-22-19(20)21-8-3-9-24-10-12-27-13-11-24;/h4-7,16,23H,3,8-15H2,1-2H3,(H3,20,21,22);1H. The zero-order valence-corrected chi connectivity index (χ0v) is 20.4. The molecule has 1 aliphatic rings. The number of nitrogens with two attached hydrogens (primary N) is 1. The SMILES string of the molecule is CC(C)CNS(=O)(=O)c1ccc(CN=C(N)NCCCN2CCOCC2)cc1.I. The summed E-state index contributed by atoms with van der Waals surface area (Å²) in [5.74, 6) is 0.657. The fraction of sp³-hybridized carbons (Fsp3) is 0.632. The summed E-state index contributed by atoms with van der Waals surface area (Å²) in [4.78, 5) is 6.95. The number of sulfonamides is 1. The Balaban J connectivity index is 0.00000420. The lowest BCUT2D eigenvalue weighted by Crippen LogP contribution is -2.39. The van der Waals surface area contributed by atoms with Crippen LogP contribution in [0.4, 0.5) is 0 Å². The van der Waals surface area contributed by atoms with Gasteiger partial charge in [-0.2, -0.15) is 0 Å². The molecule has 29 heavy (non-hydrogen) atoms. The van der Waals surface area contributed by atoms with Gasteiger partial charge in [0.05, 0.1) is 24.7 Å². The lowest BCUT2D eigenvalue weighted by molar-refractivity contribution is 0.0376. The summed E-state index contributed by atoms with van der Waals surface area (Å²) in [6.07, 6.45) is 0.992. The van der Waals surface area contributed by atoms with Crippen molar-refractivity contribution in [2.45, 2.75) is 31.7 Å². The number of hydrogen-bond acceptors (Lipinski definition) is 5. The molecule has 0 aliphatic carbocycles. The second-order valence-corrected chi connectivity index (χ2v) is 9.09. The van der Waals surface area contributed by atoms with E-state index in [4.69, 9.17) is 10.5 Å². The average Bonchev–Trinajstić information content (AvgIpc) is 2.69. The number of aliphatic imine (C=N–C) groups is 1. The van der Waals surface area contributed by atoms with Crippen molar-refractivity contribution in [3.05, 3.63) is 29.8 Å². The summed E-state index contributed by atoms with van der Waals surface area (Å²) in [7, 11) is -3.46. The number of ether oxygens (including phenoxy) is 1. The molecule has 4 N–H and O–H groups in total. The van der Waals surface area contributed by atoms with Crippen molar-refractivity contribution in [1.82, 2.24) is 14.9 Å². The van der Waals surface area contributed by atoms with E-state index in [0.29, 0.717) is 19.0 Å². The molecule has 0 amide bonds. The third-order valence-electron chi connectivity index (χ3n) is 4.41. The number of nitrogens with one attached hydrogen (secondary N) is 2. The van der Waals surface area contributed by atoms with Crippen molar-refractivity contribution in [3.8, 4) is 0 Å². The van der Waals surface area contributed by atoms with E-state index < -0.39 is 10.0 Å². The van der Waals surface area contributed by atoms with Crippen LogP contribution in [0.2, 0.25) is 0 Å². The first kappa shape index (κ1) is 26.1. The van der Waals surface area contributed by atoms with Crippen molar-refractivity contribution >= 4 is 40.0 Å². The number of nitrogens with zero attached hydrogens (tertiary/aromatic N) is 2. The Labute approximate surface area is 191 Å². The maximum atomic E-state index is 12.2. The molecule has 1 aromatic carbocycles. The van der Waals surface area contributed by atoms with Gasteiger partial charge in [-0.3, -0.25) is 4.90 Å². The van der Waals surface area contributed by atoms with Gasteiger partial charge in [-0.25, -0.2) is 18.1 Å². The topological polar surface area (TPSA) is 109 Å². The van der Waals surface area contributed by atoms with Gasteiger partial charge in [-0.05, 0) is 36.6 Å². The number of benzene rings is 1. The number of hydrogen-bond donors (Lipinski definition) is 3. The highest BCUT2D eigenvalue weighted by Crippen LogP contribution is 2.11. The van der Waals surface area contributed by atoms with E-state index in [1.54, 1.807) is 24.3 Å². The number of rotatable bonds is 10. The van der Waals surface area contributed by atoms with Gasteiger partial charge in [0.15, 0.2) is 5.96 Å². The summed E-state index contributed by atoms with van der Waals surface area (Å²) >= 11 is 0. The lowest BCUT2D eigenvalue weighted by atomic mass is 10.2. The van der Waals surface area contributed by atoms with Gasteiger partial charge in [0.25, 0.3) is 0 Å². The Morgan fingerprint density at radius 3 is 2.52 bits per heavy atom. The van der Waals surface area contributed by atoms with Gasteiger partial charge in [0, 0.05) is 26.2 Å². The van der Waals surface area contributed by atoms with Crippen LogP contribution in [0.25, 0.3) is 0 Å². The Morgan fingerprint density at radius 2 is 1.90 bits per heavy atom. The highest BCUT2D eigenvalue weighted by molar-refractivity contribution is 14.0. The average molecular weight is 539 g/mol. The summed E-state index contributed by atoms with van der Waals surface area (Å²) in [6.45, 7) is 10.1. The molecule has 1 saturated heterocycles. The molecule has 0 bridgehead atoms. The van der Waals surface area contributed by atoms with Gasteiger partial charge < -0.3 is 15.8 Å². The minimum atomic E-state index is -3.46. The molecular formula is C19H34IN5O3S. The second-order valence-electron chi connectivity index (χ2n) is 7.33. The van der Waals surface area contributed by atoms with Crippen LogP contribution in [0.15, 0.2) is 34.2 Å². The molecule has 0 radical (unpaired) electrons. The summed E-state index contributed by atoms with van der Waals surface area (Å²) in [5.41, 5.74) is 6.81. The maximum Gasteiger partial charge on any atom is 0.240 e. The lowest BCUT2D eigenvalue weighted by Gasteiger charge is -2.26. The minimum absolute atomic E-state index is 0. The molecule has 8 nitrogen and oxygen atoms in total. The van der Waals surface area contributed by atoms with E-state index in [1.165, 1.54) is 0 Å². The van der Waals surface area contributed by atoms with Crippen molar-refractivity contribution in [2.75, 3.05) is 45.9 Å². The molecular weight excluding hydrogens is 505 g/mol. The Hall–Kier alpha value is -0.950. The van der Waals surface area contributed by atoms with Crippen LogP contribution in [0.3, 0.4) is 0 Å². The van der Waals surface area contributed by atoms with Crippen molar-refractivity contribution in [3.63, 3.8) is 0 Å². The van der Waals surface area contributed by atoms with Gasteiger partial charge in [0.1, 0.15) is 0 Å². The molecule has 166 valence electrons. The molecule has 1 aromatic rings. The zero-order chi connectivity index (χ0) is 20.4. The first-order valence-corrected chi connectivity index (χ1v) is 11.3. The zero-order valence-electron chi connectivity index (χ0n) is 17.3. The van der Waals surface area contributed by atoms with Crippen LogP contribution in [-0.4, -0.2) is 65.2 Å². The van der Waals surface area contributed by atoms with Crippen molar-refractivity contribution in [2.24, 2.45) is 16.6 Å². The van der Waals surface area contributed by atoms with Gasteiger partial charge in [0.2, 0.25) is 10.0 Å². The molecule has 0 aromatic heterocycles. The third kappa shape index (κ3) is 10.1. The third-order valence-corrected chi connectivity index (χ3v) is 5.85. The van der Waals surface area contributed by atoms with Crippen LogP contribution in [0.1, 0.15) is 25.8 Å². The molecule has 0 spiro atoms. The first-order chi connectivity index (χ1) is 13.4. The second kappa shape index (κ2) is 13.4. The predicted molar refractivity (Wildman–Crippen MR) is 127 cm³/mol. The van der Waals surface area contributed by atoms with Gasteiger partial charge in [-0.1, -0.05) is 26.0 Å². The smallest absolute Gasteiger partial charge is 0.240 e. The maximum absolute atomic E-state index is 12.2. The largest absolute Gasteiger partial charge is 0.379 e. The van der Waals surface area contributed by atoms with Crippen LogP contribution in [-0.2, 0) is 21.3 Å². The first-order valence-electron chi connectivity index (χ1n) is 9.79. The van der Waals surface area contributed by atoms with E-state index in [-0.39, 0.29) is 34.8 Å². The normalized spacial score (nSPS) is 15.9. The van der Waals surface area contributed by atoms with E-state index in [0.717, 1.165) is 51.4 Å². The van der Waals surface area contributed by atoms with Crippen LogP contribution < -0.4 is 15.8 Å². The predicted octanol–water partition coefficient (Wildman–Crippen LogP) is 1.37. The highest BCUT2D eigenvalue weighted by atomic mass is 127.